The third-order valence-corrected chi connectivity index (χ3v) is 5.51. The molecule has 8 heteroatoms. The lowest BCUT2D eigenvalue weighted by Gasteiger charge is -2.16. The average Bonchev–Trinajstić information content (AvgIpc) is 3.10. The number of hydrogen-bond donors (Lipinski definition) is 2. The van der Waals surface area contributed by atoms with E-state index < -0.39 is 5.83 Å². The first-order valence-electron chi connectivity index (χ1n) is 12.4. The smallest absolute Gasteiger partial charge is 0.227 e. The van der Waals surface area contributed by atoms with E-state index in [-0.39, 0.29) is 12.5 Å². The van der Waals surface area contributed by atoms with Crippen LogP contribution in [-0.2, 0) is 9.47 Å². The first-order valence-corrected chi connectivity index (χ1v) is 12.4. The number of halogens is 1. The van der Waals surface area contributed by atoms with Gasteiger partial charge in [-0.2, -0.15) is 0 Å². The van der Waals surface area contributed by atoms with Crippen molar-refractivity contribution >= 4 is 5.95 Å². The van der Waals surface area contributed by atoms with Gasteiger partial charge in [0.05, 0.1) is 24.7 Å². The minimum absolute atomic E-state index is 0.227. The predicted octanol–water partition coefficient (Wildman–Crippen LogP) is 5.22. The number of allylic oxidation sites excluding steroid dienone is 8. The molecule has 0 amide bonds. The van der Waals surface area contributed by atoms with Crippen molar-refractivity contribution in [3.8, 4) is 0 Å². The molecule has 200 valence electrons. The van der Waals surface area contributed by atoms with Crippen LogP contribution in [0.15, 0.2) is 96.4 Å². The van der Waals surface area contributed by atoms with Gasteiger partial charge < -0.3 is 24.8 Å². The van der Waals surface area contributed by atoms with Crippen LogP contribution in [0.4, 0.5) is 10.3 Å². The fourth-order valence-electron chi connectivity index (χ4n) is 3.43. The molecule has 1 aromatic heterocycles. The summed E-state index contributed by atoms with van der Waals surface area (Å²) in [6, 6.07) is 1.74. The fraction of sp³-hybridized carbons (Fsp3) is 0.379. The molecular formula is C29H39FN4O3. The number of hydrogen-bond acceptors (Lipinski definition) is 7. The number of ether oxygens (including phenoxy) is 2. The lowest BCUT2D eigenvalue weighted by molar-refractivity contribution is 0.104. The summed E-state index contributed by atoms with van der Waals surface area (Å²) in [5.41, 5.74) is 1.89. The highest BCUT2D eigenvalue weighted by Crippen LogP contribution is 2.24. The largest absolute Gasteiger partial charge is 0.496 e. The van der Waals surface area contributed by atoms with Crippen LogP contribution in [0.2, 0.25) is 0 Å². The van der Waals surface area contributed by atoms with E-state index in [0.717, 1.165) is 31.0 Å². The second kappa shape index (κ2) is 17.2. The quantitative estimate of drug-likeness (QED) is 0.137. The molecule has 0 saturated carbocycles. The molecule has 2 N–H and O–H groups in total. The highest BCUT2D eigenvalue weighted by atomic mass is 19.1. The second-order valence-corrected chi connectivity index (χ2v) is 8.44. The number of methoxy groups -OCH3 is 1. The van der Waals surface area contributed by atoms with E-state index in [2.05, 4.69) is 46.0 Å². The van der Waals surface area contributed by atoms with Gasteiger partial charge >= 0.3 is 0 Å². The zero-order valence-electron chi connectivity index (χ0n) is 22.1. The first-order chi connectivity index (χ1) is 18.0. The number of nitrogens with one attached hydrogen (secondary N) is 1. The summed E-state index contributed by atoms with van der Waals surface area (Å²) in [7, 11) is 3.74. The molecule has 37 heavy (non-hydrogen) atoms. The van der Waals surface area contributed by atoms with Crippen LogP contribution >= 0.6 is 0 Å². The number of anilines is 1. The molecule has 1 aliphatic rings. The van der Waals surface area contributed by atoms with E-state index in [1.54, 1.807) is 37.6 Å². The highest BCUT2D eigenvalue weighted by molar-refractivity contribution is 5.42. The third-order valence-electron chi connectivity index (χ3n) is 5.51. The van der Waals surface area contributed by atoms with Gasteiger partial charge in [-0.15, -0.1) is 0 Å². The number of rotatable bonds is 16. The van der Waals surface area contributed by atoms with Crippen molar-refractivity contribution in [2.24, 2.45) is 0 Å². The maximum absolute atomic E-state index is 14.2. The summed E-state index contributed by atoms with van der Waals surface area (Å²) < 4.78 is 25.2. The Morgan fingerprint density at radius 3 is 2.89 bits per heavy atom. The summed E-state index contributed by atoms with van der Waals surface area (Å²) in [5.74, 6) is 0.506. The first kappa shape index (κ1) is 29.9. The fourth-order valence-corrected chi connectivity index (χ4v) is 3.43. The van der Waals surface area contributed by atoms with Crippen molar-refractivity contribution in [2.45, 2.75) is 25.7 Å². The number of likely N-dealkylation sites (N-methyl/N-ethyl adjacent to an activating group) is 1. The van der Waals surface area contributed by atoms with Crippen LogP contribution in [0.1, 0.15) is 31.4 Å². The SMILES string of the molecule is C=C/C(=C\C/C=C(\CCN(C)C/C=C/C)OCCOC)Nc1nccc(C2C=CC(CO)=CC(F)=C2)n1. The lowest BCUT2D eigenvalue weighted by Crippen LogP contribution is -2.20. The van der Waals surface area contributed by atoms with Crippen LogP contribution in [0.3, 0.4) is 0 Å². The molecule has 1 aliphatic carbocycles. The maximum atomic E-state index is 14.2. The molecular weight excluding hydrogens is 471 g/mol. The topological polar surface area (TPSA) is 79.7 Å². The Morgan fingerprint density at radius 1 is 1.32 bits per heavy atom. The molecule has 0 fully saturated rings. The standard InChI is InChI=1S/C29H39FN4O3/c1-5-7-16-34(3)17-14-27(37-19-18-36-4)10-8-9-26(6-2)32-29-31-15-13-28(33-29)24-12-11-23(22-35)20-25(30)21-24/h5-7,9-13,15,20-21,24,35H,2,8,14,16-19,22H2,1,3-4H3,(H,31,32,33)/b7-5+,26-9+,27-10+. The summed E-state index contributed by atoms with van der Waals surface area (Å²) in [6.45, 7) is 8.47. The van der Waals surface area contributed by atoms with Crippen molar-refractivity contribution in [3.63, 3.8) is 0 Å². The van der Waals surface area contributed by atoms with Crippen LogP contribution < -0.4 is 5.32 Å². The summed E-state index contributed by atoms with van der Waals surface area (Å²) in [5, 5.41) is 12.5. The number of aliphatic hydroxyl groups is 1. The zero-order valence-corrected chi connectivity index (χ0v) is 22.1. The third kappa shape index (κ3) is 11.5. The molecule has 2 rings (SSSR count). The molecule has 7 nitrogen and oxygen atoms in total. The van der Waals surface area contributed by atoms with Gasteiger partial charge in [-0.05, 0) is 56.3 Å². The van der Waals surface area contributed by atoms with Gasteiger partial charge in [0.2, 0.25) is 5.95 Å². The molecule has 0 radical (unpaired) electrons. The van der Waals surface area contributed by atoms with E-state index in [0.29, 0.717) is 36.8 Å². The van der Waals surface area contributed by atoms with Crippen LogP contribution in [0.5, 0.6) is 0 Å². The molecule has 1 unspecified atom stereocenters. The van der Waals surface area contributed by atoms with Crippen LogP contribution in [0, 0.1) is 0 Å². The second-order valence-electron chi connectivity index (χ2n) is 8.44. The number of aliphatic hydroxyl groups excluding tert-OH is 1. The van der Waals surface area contributed by atoms with Crippen molar-refractivity contribution in [1.29, 1.82) is 0 Å². The van der Waals surface area contributed by atoms with E-state index >= 15 is 0 Å². The predicted molar refractivity (Wildman–Crippen MR) is 148 cm³/mol. The highest BCUT2D eigenvalue weighted by Gasteiger charge is 2.13. The minimum atomic E-state index is -0.415. The molecule has 0 aliphatic heterocycles. The summed E-state index contributed by atoms with van der Waals surface area (Å²) >= 11 is 0. The Balaban J connectivity index is 2.07. The Kier molecular flexibility index (Phi) is 13.9. The summed E-state index contributed by atoms with van der Waals surface area (Å²) in [4.78, 5) is 11.1. The molecule has 0 bridgehead atoms. The van der Waals surface area contributed by atoms with Crippen molar-refractivity contribution in [3.05, 3.63) is 102 Å². The van der Waals surface area contributed by atoms with Crippen molar-refractivity contribution in [1.82, 2.24) is 14.9 Å². The van der Waals surface area contributed by atoms with Gasteiger partial charge in [-0.3, -0.25) is 0 Å². The van der Waals surface area contributed by atoms with Crippen molar-refractivity contribution in [2.75, 3.05) is 52.4 Å². The van der Waals surface area contributed by atoms with Crippen molar-refractivity contribution < 1.29 is 19.0 Å². The van der Waals surface area contributed by atoms with E-state index in [1.165, 1.54) is 12.2 Å². The Morgan fingerprint density at radius 2 is 2.16 bits per heavy atom. The number of aromatic nitrogens is 2. The Hall–Kier alpha value is -3.33. The molecule has 1 atom stereocenters. The molecule has 0 spiro atoms. The average molecular weight is 511 g/mol. The molecule has 1 heterocycles. The van der Waals surface area contributed by atoms with E-state index in [4.69, 9.17) is 9.47 Å². The molecule has 0 aromatic carbocycles. The maximum Gasteiger partial charge on any atom is 0.227 e. The normalized spacial score (nSPS) is 16.5. The van der Waals surface area contributed by atoms with Gasteiger partial charge in [0.1, 0.15) is 12.4 Å². The van der Waals surface area contributed by atoms with Gasteiger partial charge in [0, 0.05) is 44.4 Å². The van der Waals surface area contributed by atoms with Gasteiger partial charge in [0.25, 0.3) is 0 Å². The van der Waals surface area contributed by atoms with E-state index in [9.17, 15) is 9.50 Å². The molecule has 0 saturated heterocycles. The Labute approximate surface area is 220 Å². The van der Waals surface area contributed by atoms with E-state index in [1.807, 2.05) is 19.1 Å². The van der Waals surface area contributed by atoms with Gasteiger partial charge in [-0.1, -0.05) is 37.0 Å². The van der Waals surface area contributed by atoms with Crippen LogP contribution in [0.25, 0.3) is 0 Å². The Bertz CT molecular complexity index is 1040. The van der Waals surface area contributed by atoms with Gasteiger partial charge in [0.15, 0.2) is 0 Å². The monoisotopic (exact) mass is 510 g/mol. The minimum Gasteiger partial charge on any atom is -0.496 e. The summed E-state index contributed by atoms with van der Waals surface area (Å²) in [6.07, 6.45) is 19.2. The van der Waals surface area contributed by atoms with Gasteiger partial charge in [-0.25, -0.2) is 14.4 Å². The van der Waals surface area contributed by atoms with Crippen LogP contribution in [-0.4, -0.2) is 67.0 Å². The number of nitrogens with zero attached hydrogens (tertiary/aromatic N) is 3. The molecule has 1 aromatic rings. The zero-order chi connectivity index (χ0) is 26.9. The lowest BCUT2D eigenvalue weighted by atomic mass is 10.0.